The Balaban J connectivity index is 2.23. The molecule has 0 spiro atoms. The molecule has 2 aromatic rings. The van der Waals surface area contributed by atoms with Crippen molar-refractivity contribution in [3.05, 3.63) is 58.2 Å². The Morgan fingerprint density at radius 1 is 1.37 bits per heavy atom. The van der Waals surface area contributed by atoms with Gasteiger partial charge in [0.1, 0.15) is 0 Å². The van der Waals surface area contributed by atoms with Crippen LogP contribution in [0.1, 0.15) is 22.8 Å². The molecular weight excluding hydrogens is 262 g/mol. The van der Waals surface area contributed by atoms with Gasteiger partial charge in [0.2, 0.25) is 5.88 Å². The maximum atomic E-state index is 10.3. The molecule has 0 amide bonds. The van der Waals surface area contributed by atoms with Crippen LogP contribution in [0.5, 0.6) is 5.88 Å². The minimum absolute atomic E-state index is 0.432. The number of aliphatic hydroxyl groups excluding tert-OH is 1. The van der Waals surface area contributed by atoms with Gasteiger partial charge in [-0.2, -0.15) is 0 Å². The molecule has 1 heterocycles. The third kappa shape index (κ3) is 3.25. The van der Waals surface area contributed by atoms with E-state index in [4.69, 9.17) is 16.3 Å². The summed E-state index contributed by atoms with van der Waals surface area (Å²) in [6.07, 6.45) is 1.37. The zero-order chi connectivity index (χ0) is 13.8. The van der Waals surface area contributed by atoms with E-state index in [1.54, 1.807) is 18.3 Å². The molecule has 3 nitrogen and oxygen atoms in total. The molecule has 0 bridgehead atoms. The normalized spacial score (nSPS) is 12.2. The van der Waals surface area contributed by atoms with E-state index in [2.05, 4.69) is 4.98 Å². The summed E-state index contributed by atoms with van der Waals surface area (Å²) >= 11 is 6.18. The number of pyridine rings is 1. The molecule has 0 saturated carbocycles. The third-order valence-corrected chi connectivity index (χ3v) is 3.33. The number of rotatable bonds is 4. The van der Waals surface area contributed by atoms with Crippen LogP contribution in [-0.4, -0.2) is 17.2 Å². The molecule has 0 aliphatic carbocycles. The summed E-state index contributed by atoms with van der Waals surface area (Å²) in [7, 11) is 1.54. The zero-order valence-corrected chi connectivity index (χ0v) is 11.7. The van der Waals surface area contributed by atoms with Gasteiger partial charge in [-0.05, 0) is 36.2 Å². The van der Waals surface area contributed by atoms with Crippen molar-refractivity contribution in [2.75, 3.05) is 7.11 Å². The molecule has 0 fully saturated rings. The Morgan fingerprint density at radius 3 is 2.84 bits per heavy atom. The summed E-state index contributed by atoms with van der Waals surface area (Å²) in [6.45, 7) is 1.98. The second-order valence-corrected chi connectivity index (χ2v) is 4.82. The highest BCUT2D eigenvalue weighted by Gasteiger charge is 2.15. The van der Waals surface area contributed by atoms with Crippen molar-refractivity contribution in [1.29, 1.82) is 0 Å². The maximum absolute atomic E-state index is 10.3. The summed E-state index contributed by atoms with van der Waals surface area (Å²) in [5.41, 5.74) is 2.68. The molecule has 2 rings (SSSR count). The van der Waals surface area contributed by atoms with Crippen LogP contribution in [0, 0.1) is 6.92 Å². The first-order chi connectivity index (χ1) is 9.11. The molecule has 0 aliphatic heterocycles. The van der Waals surface area contributed by atoms with Gasteiger partial charge >= 0.3 is 0 Å². The molecule has 4 heteroatoms. The predicted molar refractivity (Wildman–Crippen MR) is 75.6 cm³/mol. The molecule has 0 saturated heterocycles. The van der Waals surface area contributed by atoms with Gasteiger partial charge < -0.3 is 9.84 Å². The Morgan fingerprint density at radius 2 is 2.16 bits per heavy atom. The first-order valence-electron chi connectivity index (χ1n) is 6.04. The van der Waals surface area contributed by atoms with Gasteiger partial charge in [0.15, 0.2) is 0 Å². The van der Waals surface area contributed by atoms with Crippen LogP contribution in [0.25, 0.3) is 0 Å². The van der Waals surface area contributed by atoms with E-state index < -0.39 is 6.10 Å². The van der Waals surface area contributed by atoms with E-state index in [0.29, 0.717) is 22.9 Å². The molecular formula is C15H16ClNO2. The van der Waals surface area contributed by atoms with Crippen LogP contribution in [-0.2, 0) is 6.42 Å². The highest BCUT2D eigenvalue weighted by atomic mass is 35.5. The quantitative estimate of drug-likeness (QED) is 0.932. The van der Waals surface area contributed by atoms with E-state index in [0.717, 1.165) is 11.1 Å². The Labute approximate surface area is 117 Å². The Kier molecular flexibility index (Phi) is 4.40. The van der Waals surface area contributed by atoms with E-state index in [9.17, 15) is 5.11 Å². The lowest BCUT2D eigenvalue weighted by Crippen LogP contribution is -2.05. The molecule has 100 valence electrons. The summed E-state index contributed by atoms with van der Waals surface area (Å²) in [6, 6.07) is 9.39. The smallest absolute Gasteiger partial charge is 0.218 e. The fourth-order valence-corrected chi connectivity index (χ4v) is 2.28. The third-order valence-electron chi connectivity index (χ3n) is 2.97. The number of nitrogens with zero attached hydrogens (tertiary/aromatic N) is 1. The van der Waals surface area contributed by atoms with Crippen molar-refractivity contribution in [3.63, 3.8) is 0 Å². The largest absolute Gasteiger partial charge is 0.481 e. The van der Waals surface area contributed by atoms with E-state index in [1.165, 1.54) is 7.11 Å². The number of methoxy groups -OCH3 is 1. The van der Waals surface area contributed by atoms with E-state index in [1.807, 2.05) is 25.1 Å². The van der Waals surface area contributed by atoms with Gasteiger partial charge in [-0.1, -0.05) is 23.7 Å². The van der Waals surface area contributed by atoms with Gasteiger partial charge in [-0.3, -0.25) is 0 Å². The first kappa shape index (κ1) is 13.8. The van der Waals surface area contributed by atoms with Crippen molar-refractivity contribution >= 4 is 11.6 Å². The molecule has 0 aliphatic rings. The number of aromatic nitrogens is 1. The van der Waals surface area contributed by atoms with Crippen LogP contribution in [0.15, 0.2) is 36.5 Å². The molecule has 1 aromatic carbocycles. The number of benzene rings is 1. The average Bonchev–Trinajstić information content (AvgIpc) is 2.41. The number of aryl methyl sites for hydroxylation is 1. The number of halogens is 1. The summed E-state index contributed by atoms with van der Waals surface area (Å²) < 4.78 is 5.15. The minimum Gasteiger partial charge on any atom is -0.481 e. The SMILES string of the molecule is COc1ncccc1C(O)Cc1ccc(C)cc1Cl. The van der Waals surface area contributed by atoms with Crippen LogP contribution in [0.2, 0.25) is 5.02 Å². The first-order valence-corrected chi connectivity index (χ1v) is 6.41. The molecule has 0 radical (unpaired) electrons. The predicted octanol–water partition coefficient (Wildman–Crippen LogP) is 3.33. The van der Waals surface area contributed by atoms with Gasteiger partial charge in [0, 0.05) is 23.2 Å². The summed E-state index contributed by atoms with van der Waals surface area (Å²) in [5, 5.41) is 11.0. The fourth-order valence-electron chi connectivity index (χ4n) is 1.96. The number of aliphatic hydroxyl groups is 1. The lowest BCUT2D eigenvalue weighted by Gasteiger charge is -2.14. The zero-order valence-electron chi connectivity index (χ0n) is 10.9. The second-order valence-electron chi connectivity index (χ2n) is 4.42. The highest BCUT2D eigenvalue weighted by Crippen LogP contribution is 2.28. The van der Waals surface area contributed by atoms with Crippen molar-refractivity contribution in [3.8, 4) is 5.88 Å². The monoisotopic (exact) mass is 277 g/mol. The summed E-state index contributed by atoms with van der Waals surface area (Å²) in [4.78, 5) is 4.08. The number of ether oxygens (including phenoxy) is 1. The Hall–Kier alpha value is -1.58. The average molecular weight is 278 g/mol. The maximum Gasteiger partial charge on any atom is 0.218 e. The van der Waals surface area contributed by atoms with Crippen LogP contribution < -0.4 is 4.74 Å². The summed E-state index contributed by atoms with van der Waals surface area (Å²) in [5.74, 6) is 0.443. The van der Waals surface area contributed by atoms with Crippen molar-refractivity contribution in [2.45, 2.75) is 19.4 Å². The lowest BCUT2D eigenvalue weighted by atomic mass is 10.0. The fraction of sp³-hybridized carbons (Fsp3) is 0.267. The van der Waals surface area contributed by atoms with Crippen LogP contribution in [0.4, 0.5) is 0 Å². The highest BCUT2D eigenvalue weighted by molar-refractivity contribution is 6.31. The van der Waals surface area contributed by atoms with Gasteiger partial charge in [-0.25, -0.2) is 4.98 Å². The lowest BCUT2D eigenvalue weighted by molar-refractivity contribution is 0.173. The standard InChI is InChI=1S/C15H16ClNO2/c1-10-5-6-11(13(16)8-10)9-14(18)12-4-3-7-17-15(12)19-2/h3-8,14,18H,9H2,1-2H3. The number of hydrogen-bond acceptors (Lipinski definition) is 3. The number of hydrogen-bond donors (Lipinski definition) is 1. The second kappa shape index (κ2) is 6.04. The minimum atomic E-state index is -0.691. The van der Waals surface area contributed by atoms with Crippen LogP contribution >= 0.6 is 11.6 Å². The van der Waals surface area contributed by atoms with Gasteiger partial charge in [0.25, 0.3) is 0 Å². The molecule has 19 heavy (non-hydrogen) atoms. The molecule has 1 unspecified atom stereocenters. The van der Waals surface area contributed by atoms with E-state index >= 15 is 0 Å². The van der Waals surface area contributed by atoms with E-state index in [-0.39, 0.29) is 0 Å². The van der Waals surface area contributed by atoms with Gasteiger partial charge in [-0.15, -0.1) is 0 Å². The van der Waals surface area contributed by atoms with Gasteiger partial charge in [0.05, 0.1) is 13.2 Å². The molecule has 1 N–H and O–H groups in total. The molecule has 1 atom stereocenters. The van der Waals surface area contributed by atoms with Crippen molar-refractivity contribution < 1.29 is 9.84 Å². The van der Waals surface area contributed by atoms with Crippen molar-refractivity contribution in [2.24, 2.45) is 0 Å². The Bertz CT molecular complexity index is 572. The molecule has 1 aromatic heterocycles. The van der Waals surface area contributed by atoms with Crippen LogP contribution in [0.3, 0.4) is 0 Å². The van der Waals surface area contributed by atoms with Crippen molar-refractivity contribution in [1.82, 2.24) is 4.98 Å². The topological polar surface area (TPSA) is 42.4 Å².